The van der Waals surface area contributed by atoms with Crippen molar-refractivity contribution in [2.45, 2.75) is 0 Å². The van der Waals surface area contributed by atoms with E-state index in [9.17, 15) is 4.79 Å². The van der Waals surface area contributed by atoms with Crippen LogP contribution in [-0.4, -0.2) is 29.2 Å². The van der Waals surface area contributed by atoms with Crippen LogP contribution >= 0.6 is 11.6 Å². The third-order valence-electron chi connectivity index (χ3n) is 2.40. The average molecular weight is 236 g/mol. The summed E-state index contributed by atoms with van der Waals surface area (Å²) in [5.74, 6) is 6.17. The molecule has 0 aliphatic carbocycles. The Morgan fingerprint density at radius 1 is 1.50 bits per heavy atom. The first-order valence-corrected chi connectivity index (χ1v) is 5.28. The van der Waals surface area contributed by atoms with Crippen molar-refractivity contribution in [1.82, 2.24) is 4.90 Å². The summed E-state index contributed by atoms with van der Waals surface area (Å²) in [6.07, 6.45) is -0.874. The highest BCUT2D eigenvalue weighted by atomic mass is 35.5. The number of hydrogen-bond donors (Lipinski definition) is 1. The molecule has 1 heterocycles. The van der Waals surface area contributed by atoms with Gasteiger partial charge in [-0.2, -0.15) is 0 Å². The first-order chi connectivity index (χ1) is 7.65. The fraction of sp³-hybridized carbons (Fsp3) is 0.250. The van der Waals surface area contributed by atoms with Gasteiger partial charge < -0.3 is 10.0 Å². The summed E-state index contributed by atoms with van der Waals surface area (Å²) in [5.41, 5.74) is 0.862. The average Bonchev–Trinajstić information content (AvgIpc) is 2.14. The minimum Gasteiger partial charge on any atom is -0.465 e. The molecule has 0 radical (unpaired) electrons. The third kappa shape index (κ3) is 2.47. The Morgan fingerprint density at radius 3 is 2.88 bits per heavy atom. The molecule has 1 fully saturated rings. The Labute approximate surface area is 98.6 Å². The van der Waals surface area contributed by atoms with Crippen molar-refractivity contribution >= 4 is 17.7 Å². The van der Waals surface area contributed by atoms with Gasteiger partial charge in [-0.05, 0) is 18.2 Å². The van der Waals surface area contributed by atoms with Gasteiger partial charge in [0.1, 0.15) is 0 Å². The van der Waals surface area contributed by atoms with Crippen LogP contribution < -0.4 is 0 Å². The van der Waals surface area contributed by atoms with Gasteiger partial charge in [-0.15, -0.1) is 0 Å². The zero-order chi connectivity index (χ0) is 11.5. The molecule has 1 amide bonds. The summed E-state index contributed by atoms with van der Waals surface area (Å²) >= 11 is 5.82. The van der Waals surface area contributed by atoms with Gasteiger partial charge in [0.15, 0.2) is 0 Å². The predicted molar refractivity (Wildman–Crippen MR) is 61.4 cm³/mol. The molecule has 0 bridgehead atoms. The van der Waals surface area contributed by atoms with Crippen LogP contribution in [0.4, 0.5) is 4.79 Å². The van der Waals surface area contributed by atoms with E-state index in [-0.39, 0.29) is 5.92 Å². The lowest BCUT2D eigenvalue weighted by Crippen LogP contribution is -2.48. The van der Waals surface area contributed by atoms with Gasteiger partial charge in [-0.1, -0.05) is 29.5 Å². The summed E-state index contributed by atoms with van der Waals surface area (Å²) in [5, 5.41) is 9.29. The van der Waals surface area contributed by atoms with E-state index in [4.69, 9.17) is 16.7 Å². The molecular weight excluding hydrogens is 226 g/mol. The Hall–Kier alpha value is -1.66. The number of nitrogens with zero attached hydrogens (tertiary/aromatic N) is 1. The lowest BCUT2D eigenvalue weighted by molar-refractivity contribution is 0.0999. The molecule has 1 saturated heterocycles. The molecule has 0 atom stereocenters. The van der Waals surface area contributed by atoms with Crippen LogP contribution in [0.25, 0.3) is 0 Å². The SMILES string of the molecule is O=C(O)N1CC(C#Cc2cccc(Cl)c2)C1. The number of halogens is 1. The van der Waals surface area contributed by atoms with Crippen molar-refractivity contribution in [3.63, 3.8) is 0 Å². The number of hydrogen-bond acceptors (Lipinski definition) is 1. The van der Waals surface area contributed by atoms with Crippen LogP contribution in [-0.2, 0) is 0 Å². The Balaban J connectivity index is 1.95. The zero-order valence-electron chi connectivity index (χ0n) is 8.48. The molecule has 2 rings (SSSR count). The van der Waals surface area contributed by atoms with Crippen LogP contribution in [0.3, 0.4) is 0 Å². The molecule has 1 aromatic rings. The van der Waals surface area contributed by atoms with E-state index in [1.807, 2.05) is 12.1 Å². The molecule has 16 heavy (non-hydrogen) atoms. The van der Waals surface area contributed by atoms with E-state index in [2.05, 4.69) is 11.8 Å². The van der Waals surface area contributed by atoms with Crippen molar-refractivity contribution in [3.8, 4) is 11.8 Å². The first-order valence-electron chi connectivity index (χ1n) is 4.90. The lowest BCUT2D eigenvalue weighted by atomic mass is 10.0. The van der Waals surface area contributed by atoms with Gasteiger partial charge in [0.25, 0.3) is 0 Å². The highest BCUT2D eigenvalue weighted by molar-refractivity contribution is 6.30. The smallest absolute Gasteiger partial charge is 0.407 e. The standard InChI is InChI=1S/C12H10ClNO2/c13-11-3-1-2-9(6-11)4-5-10-7-14(8-10)12(15)16/h1-3,6,10H,7-8H2,(H,15,16). The summed E-state index contributed by atoms with van der Waals surface area (Å²) in [7, 11) is 0. The topological polar surface area (TPSA) is 40.5 Å². The summed E-state index contributed by atoms with van der Waals surface area (Å²) < 4.78 is 0. The van der Waals surface area contributed by atoms with E-state index < -0.39 is 6.09 Å². The van der Waals surface area contributed by atoms with E-state index in [0.717, 1.165) is 5.56 Å². The van der Waals surface area contributed by atoms with Gasteiger partial charge in [0, 0.05) is 23.7 Å². The van der Waals surface area contributed by atoms with E-state index in [1.54, 1.807) is 12.1 Å². The second-order valence-electron chi connectivity index (χ2n) is 3.66. The molecule has 0 aromatic heterocycles. The summed E-state index contributed by atoms with van der Waals surface area (Å²) in [4.78, 5) is 11.9. The Morgan fingerprint density at radius 2 is 2.25 bits per heavy atom. The molecule has 0 unspecified atom stereocenters. The van der Waals surface area contributed by atoms with Crippen LogP contribution in [0.15, 0.2) is 24.3 Å². The zero-order valence-corrected chi connectivity index (χ0v) is 9.24. The highest BCUT2D eigenvalue weighted by Gasteiger charge is 2.28. The maximum absolute atomic E-state index is 10.5. The minimum absolute atomic E-state index is 0.148. The van der Waals surface area contributed by atoms with Gasteiger partial charge in [-0.25, -0.2) is 4.79 Å². The highest BCUT2D eigenvalue weighted by Crippen LogP contribution is 2.15. The van der Waals surface area contributed by atoms with Crippen molar-refractivity contribution in [3.05, 3.63) is 34.9 Å². The van der Waals surface area contributed by atoms with Crippen LogP contribution in [0.1, 0.15) is 5.56 Å². The molecule has 0 spiro atoms. The predicted octanol–water partition coefficient (Wildman–Crippen LogP) is 2.30. The molecular formula is C12H10ClNO2. The molecule has 3 nitrogen and oxygen atoms in total. The monoisotopic (exact) mass is 235 g/mol. The summed E-state index contributed by atoms with van der Waals surface area (Å²) in [6.45, 7) is 1.01. The van der Waals surface area contributed by atoms with E-state index in [0.29, 0.717) is 18.1 Å². The largest absolute Gasteiger partial charge is 0.465 e. The van der Waals surface area contributed by atoms with Crippen LogP contribution in [0.5, 0.6) is 0 Å². The first kappa shape index (κ1) is 10.8. The van der Waals surface area contributed by atoms with E-state index in [1.165, 1.54) is 4.90 Å². The third-order valence-corrected chi connectivity index (χ3v) is 2.63. The molecule has 4 heteroatoms. The van der Waals surface area contributed by atoms with Gasteiger partial charge in [0.05, 0.1) is 5.92 Å². The second kappa shape index (κ2) is 4.46. The number of benzene rings is 1. The minimum atomic E-state index is -0.874. The van der Waals surface area contributed by atoms with Crippen molar-refractivity contribution in [2.24, 2.45) is 5.92 Å². The summed E-state index contributed by atoms with van der Waals surface area (Å²) in [6, 6.07) is 7.31. The maximum atomic E-state index is 10.5. The van der Waals surface area contributed by atoms with Crippen LogP contribution in [0, 0.1) is 17.8 Å². The molecule has 1 aliphatic rings. The number of amides is 1. The van der Waals surface area contributed by atoms with Gasteiger partial charge in [-0.3, -0.25) is 0 Å². The molecule has 1 N–H and O–H groups in total. The van der Waals surface area contributed by atoms with Gasteiger partial charge >= 0.3 is 6.09 Å². The normalized spacial score (nSPS) is 14.9. The van der Waals surface area contributed by atoms with Crippen molar-refractivity contribution in [2.75, 3.05) is 13.1 Å². The molecule has 1 aromatic carbocycles. The second-order valence-corrected chi connectivity index (χ2v) is 4.10. The Kier molecular flexibility index (Phi) is 3.02. The van der Waals surface area contributed by atoms with Crippen molar-refractivity contribution < 1.29 is 9.90 Å². The number of rotatable bonds is 0. The van der Waals surface area contributed by atoms with E-state index >= 15 is 0 Å². The van der Waals surface area contributed by atoms with Crippen molar-refractivity contribution in [1.29, 1.82) is 0 Å². The molecule has 82 valence electrons. The fourth-order valence-electron chi connectivity index (χ4n) is 1.48. The molecule has 1 aliphatic heterocycles. The van der Waals surface area contributed by atoms with Crippen LogP contribution in [0.2, 0.25) is 5.02 Å². The fourth-order valence-corrected chi connectivity index (χ4v) is 1.67. The molecule has 0 saturated carbocycles. The van der Waals surface area contributed by atoms with Gasteiger partial charge in [0.2, 0.25) is 0 Å². The maximum Gasteiger partial charge on any atom is 0.407 e. The number of carboxylic acid groups (broad SMARTS) is 1. The Bertz CT molecular complexity index is 469. The number of carbonyl (C=O) groups is 1. The lowest BCUT2D eigenvalue weighted by Gasteiger charge is -2.33. The number of likely N-dealkylation sites (tertiary alicyclic amines) is 1. The quantitative estimate of drug-likeness (QED) is 0.701.